The van der Waals surface area contributed by atoms with Gasteiger partial charge in [0.2, 0.25) is 0 Å². The van der Waals surface area contributed by atoms with E-state index in [0.29, 0.717) is 0 Å². The molecule has 0 aliphatic rings. The van der Waals surface area contributed by atoms with E-state index in [0.717, 1.165) is 20.4 Å². The Kier molecular flexibility index (Phi) is 8.04. The molecule has 0 aromatic heterocycles. The van der Waals surface area contributed by atoms with E-state index in [1.54, 1.807) is 31.4 Å². The molecule has 0 fully saturated rings. The SMILES string of the molecule is COc1ccc([S+](c2ccc(F)cc2)c2ccc(F)cc2)cc1.O=S(=O)([O-])C(F)(F)F. The summed E-state index contributed by atoms with van der Waals surface area (Å²) >= 11 is 0. The van der Waals surface area contributed by atoms with Crippen LogP contribution < -0.4 is 4.74 Å². The Bertz CT molecular complexity index is 1040. The van der Waals surface area contributed by atoms with Crippen molar-refractivity contribution < 1.29 is 39.7 Å². The molecule has 0 N–H and O–H groups in total. The Morgan fingerprint density at radius 2 is 1.03 bits per heavy atom. The summed E-state index contributed by atoms with van der Waals surface area (Å²) < 4.78 is 90.6. The van der Waals surface area contributed by atoms with Gasteiger partial charge in [0.05, 0.1) is 18.0 Å². The number of rotatable bonds is 4. The molecule has 3 aromatic rings. The highest BCUT2D eigenvalue weighted by Crippen LogP contribution is 2.32. The second-order valence-electron chi connectivity index (χ2n) is 5.79. The Morgan fingerprint density at radius 1 is 0.742 bits per heavy atom. The van der Waals surface area contributed by atoms with Crippen molar-refractivity contribution >= 4 is 21.0 Å². The summed E-state index contributed by atoms with van der Waals surface area (Å²) in [4.78, 5) is 3.01. The third-order valence-corrected chi connectivity index (χ3v) is 6.47. The fraction of sp³-hybridized carbons (Fsp3) is 0.100. The molecule has 0 amide bonds. The normalized spacial score (nSPS) is 11.6. The standard InChI is InChI=1S/C19H15F2OS.CHF3O3S/c1-22-16-6-12-19(13-7-16)23(17-8-2-14(20)3-9-17)18-10-4-15(21)5-11-18;2-1(3,4)8(5,6)7/h2-13H,1H3;(H,5,6,7)/q+1;/p-1. The van der Waals surface area contributed by atoms with Crippen LogP contribution in [0.5, 0.6) is 5.75 Å². The topological polar surface area (TPSA) is 66.4 Å². The van der Waals surface area contributed by atoms with Crippen LogP contribution in [-0.4, -0.2) is 25.6 Å². The summed E-state index contributed by atoms with van der Waals surface area (Å²) in [6, 6.07) is 20.6. The second kappa shape index (κ2) is 10.1. The van der Waals surface area contributed by atoms with Gasteiger partial charge in [-0.25, -0.2) is 17.2 Å². The van der Waals surface area contributed by atoms with E-state index in [2.05, 4.69) is 0 Å². The first-order chi connectivity index (χ1) is 14.4. The molecule has 3 rings (SSSR count). The molecule has 4 nitrogen and oxygen atoms in total. The quantitative estimate of drug-likeness (QED) is 0.226. The number of ether oxygens (including phenoxy) is 1. The number of alkyl halides is 3. The zero-order valence-electron chi connectivity index (χ0n) is 15.8. The minimum absolute atomic E-state index is 0.272. The molecule has 0 spiro atoms. The Labute approximate surface area is 178 Å². The van der Waals surface area contributed by atoms with E-state index in [1.165, 1.54) is 24.3 Å². The van der Waals surface area contributed by atoms with Gasteiger partial charge in [0.25, 0.3) is 0 Å². The largest absolute Gasteiger partial charge is 0.741 e. The molecule has 0 saturated heterocycles. The fourth-order valence-corrected chi connectivity index (χ4v) is 4.30. The first kappa shape index (κ1) is 24.6. The predicted molar refractivity (Wildman–Crippen MR) is 104 cm³/mol. The zero-order valence-corrected chi connectivity index (χ0v) is 17.4. The van der Waals surface area contributed by atoms with Crippen molar-refractivity contribution in [3.63, 3.8) is 0 Å². The minimum atomic E-state index is -6.09. The van der Waals surface area contributed by atoms with Crippen LogP contribution >= 0.6 is 0 Å². The van der Waals surface area contributed by atoms with Crippen molar-refractivity contribution in [1.82, 2.24) is 0 Å². The van der Waals surface area contributed by atoms with E-state index in [1.807, 2.05) is 24.3 Å². The summed E-state index contributed by atoms with van der Waals surface area (Å²) in [5.41, 5.74) is -5.65. The smallest absolute Gasteiger partial charge is 0.485 e. The molecule has 0 aliphatic carbocycles. The molecule has 0 aliphatic heterocycles. The van der Waals surface area contributed by atoms with Gasteiger partial charge in [0.15, 0.2) is 24.8 Å². The molecule has 0 bridgehead atoms. The number of hydrogen-bond acceptors (Lipinski definition) is 4. The highest BCUT2D eigenvalue weighted by molar-refractivity contribution is 7.97. The average molecular weight is 478 g/mol. The van der Waals surface area contributed by atoms with Crippen LogP contribution in [0.2, 0.25) is 0 Å². The van der Waals surface area contributed by atoms with Gasteiger partial charge in [-0.1, -0.05) is 0 Å². The van der Waals surface area contributed by atoms with E-state index in [-0.39, 0.29) is 11.6 Å². The molecule has 0 radical (unpaired) electrons. The third-order valence-electron chi connectivity index (χ3n) is 3.68. The molecule has 3 aromatic carbocycles. The molecular weight excluding hydrogens is 463 g/mol. The minimum Gasteiger partial charge on any atom is -0.741 e. The van der Waals surface area contributed by atoms with Crippen LogP contribution in [0, 0.1) is 11.6 Å². The molecule has 11 heteroatoms. The van der Waals surface area contributed by atoms with Crippen molar-refractivity contribution in [2.45, 2.75) is 20.2 Å². The second-order valence-corrected chi connectivity index (χ2v) is 9.19. The number of halogens is 5. The van der Waals surface area contributed by atoms with E-state index < -0.39 is 26.5 Å². The van der Waals surface area contributed by atoms with Gasteiger partial charge in [-0.2, -0.15) is 13.2 Å². The highest BCUT2D eigenvalue weighted by Gasteiger charge is 2.37. The van der Waals surface area contributed by atoms with E-state index >= 15 is 0 Å². The van der Waals surface area contributed by atoms with Crippen LogP contribution in [0.3, 0.4) is 0 Å². The number of methoxy groups -OCH3 is 1. The van der Waals surface area contributed by atoms with Gasteiger partial charge >= 0.3 is 5.51 Å². The molecular formula is C20H15F5O4S2. The predicted octanol–water partition coefficient (Wildman–Crippen LogP) is 5.12. The molecule has 0 atom stereocenters. The maximum atomic E-state index is 13.2. The maximum absolute atomic E-state index is 13.2. The monoisotopic (exact) mass is 478 g/mol. The van der Waals surface area contributed by atoms with Crippen molar-refractivity contribution in [3.05, 3.63) is 84.4 Å². The van der Waals surface area contributed by atoms with Crippen LogP contribution in [0.15, 0.2) is 87.5 Å². The molecule has 0 unspecified atom stereocenters. The van der Waals surface area contributed by atoms with E-state index in [9.17, 15) is 22.0 Å². The Morgan fingerprint density at radius 3 is 1.29 bits per heavy atom. The van der Waals surface area contributed by atoms with Crippen LogP contribution in [0.1, 0.15) is 0 Å². The van der Waals surface area contributed by atoms with Crippen molar-refractivity contribution in [2.75, 3.05) is 7.11 Å². The number of benzene rings is 3. The molecule has 31 heavy (non-hydrogen) atoms. The van der Waals surface area contributed by atoms with Gasteiger partial charge < -0.3 is 9.29 Å². The average Bonchev–Trinajstić information content (AvgIpc) is 2.70. The zero-order chi connectivity index (χ0) is 23.2. The van der Waals surface area contributed by atoms with Crippen LogP contribution in [0.4, 0.5) is 22.0 Å². The van der Waals surface area contributed by atoms with E-state index in [4.69, 9.17) is 17.7 Å². The summed E-state index contributed by atoms with van der Waals surface area (Å²) in [7, 11) is -4.90. The lowest BCUT2D eigenvalue weighted by Gasteiger charge is -2.08. The lowest BCUT2D eigenvalue weighted by Crippen LogP contribution is -2.21. The van der Waals surface area contributed by atoms with Gasteiger partial charge in [-0.05, 0) is 72.8 Å². The lowest BCUT2D eigenvalue weighted by molar-refractivity contribution is -0.0517. The van der Waals surface area contributed by atoms with Crippen LogP contribution in [0.25, 0.3) is 0 Å². The first-order valence-corrected chi connectivity index (χ1v) is 11.0. The van der Waals surface area contributed by atoms with Gasteiger partial charge in [0.1, 0.15) is 17.4 Å². The summed E-state index contributed by atoms with van der Waals surface area (Å²) in [6.45, 7) is 0. The van der Waals surface area contributed by atoms with Gasteiger partial charge in [-0.15, -0.1) is 0 Å². The molecule has 0 saturated carbocycles. The highest BCUT2D eigenvalue weighted by atomic mass is 32.2. The lowest BCUT2D eigenvalue weighted by atomic mass is 10.3. The third kappa shape index (κ3) is 6.94. The Hall–Kier alpha value is -2.63. The Balaban J connectivity index is 0.000000366. The van der Waals surface area contributed by atoms with Gasteiger partial charge in [0, 0.05) is 0 Å². The van der Waals surface area contributed by atoms with Gasteiger partial charge in [-0.3, -0.25) is 0 Å². The van der Waals surface area contributed by atoms with Crippen molar-refractivity contribution in [2.24, 2.45) is 0 Å². The van der Waals surface area contributed by atoms with Crippen molar-refractivity contribution in [1.29, 1.82) is 0 Å². The fourth-order valence-electron chi connectivity index (χ4n) is 2.26. The van der Waals surface area contributed by atoms with Crippen molar-refractivity contribution in [3.8, 4) is 5.75 Å². The number of hydrogen-bond donors (Lipinski definition) is 0. The summed E-state index contributed by atoms with van der Waals surface area (Å²) in [6.07, 6.45) is 0. The summed E-state index contributed by atoms with van der Waals surface area (Å²) in [5, 5.41) is 0. The maximum Gasteiger partial charge on any atom is 0.485 e. The summed E-state index contributed by atoms with van der Waals surface area (Å²) in [5.74, 6) is 0.229. The molecule has 166 valence electrons. The molecule has 0 heterocycles. The van der Waals surface area contributed by atoms with Crippen LogP contribution in [-0.2, 0) is 21.0 Å². The first-order valence-electron chi connectivity index (χ1n) is 8.34.